The molecule has 1 fully saturated rings. The third kappa shape index (κ3) is 5.74. The third-order valence-corrected chi connectivity index (χ3v) is 6.02. The molecule has 0 aliphatic carbocycles. The van der Waals surface area contributed by atoms with E-state index in [1.165, 1.54) is 11.1 Å². The smallest absolute Gasteiger partial charge is 0.252 e. The van der Waals surface area contributed by atoms with E-state index in [9.17, 15) is 4.79 Å². The number of nitrogens with one attached hydrogen (secondary N) is 1. The number of aromatic nitrogens is 2. The molecule has 2 heterocycles. The molecule has 1 aromatic heterocycles. The Bertz CT molecular complexity index is 1040. The fourth-order valence-corrected chi connectivity index (χ4v) is 4.14. The first-order valence-corrected chi connectivity index (χ1v) is 11.4. The van der Waals surface area contributed by atoms with Crippen molar-refractivity contribution in [3.05, 3.63) is 89.8 Å². The summed E-state index contributed by atoms with van der Waals surface area (Å²) in [5.41, 5.74) is 5.29. The van der Waals surface area contributed by atoms with Gasteiger partial charge in [0.05, 0.1) is 6.54 Å². The van der Waals surface area contributed by atoms with Crippen LogP contribution in [0.2, 0.25) is 0 Å². The standard InChI is InChI=1S/C27H32N4O/c1-21(2)12-17-30-18-13-24(14-19-30)29-27(32)26-7-4-3-6-25(26)23-10-8-22(9-11-23)20-31-16-5-15-28-31/h3-12,15-16,24H,13-14,17-20H2,1-2H3,(H,29,32). The minimum Gasteiger partial charge on any atom is -0.349 e. The van der Waals surface area contributed by atoms with Crippen LogP contribution in [0.5, 0.6) is 0 Å². The second kappa shape index (κ2) is 10.4. The molecular formula is C27H32N4O. The number of amides is 1. The molecule has 5 nitrogen and oxygen atoms in total. The maximum absolute atomic E-state index is 13.1. The van der Waals surface area contributed by atoms with E-state index < -0.39 is 0 Å². The summed E-state index contributed by atoms with van der Waals surface area (Å²) >= 11 is 0. The highest BCUT2D eigenvalue weighted by atomic mass is 16.1. The molecule has 1 saturated heterocycles. The van der Waals surface area contributed by atoms with Crippen molar-refractivity contribution in [3.63, 3.8) is 0 Å². The van der Waals surface area contributed by atoms with Crippen LogP contribution < -0.4 is 5.32 Å². The summed E-state index contributed by atoms with van der Waals surface area (Å²) in [6.07, 6.45) is 8.00. The Morgan fingerprint density at radius 2 is 1.81 bits per heavy atom. The molecular weight excluding hydrogens is 396 g/mol. The molecule has 2 aromatic carbocycles. The zero-order chi connectivity index (χ0) is 22.3. The molecule has 0 atom stereocenters. The Balaban J connectivity index is 1.40. The lowest BCUT2D eigenvalue weighted by molar-refractivity contribution is 0.0914. The van der Waals surface area contributed by atoms with Gasteiger partial charge in [0.1, 0.15) is 0 Å². The number of carbonyl (C=O) groups excluding carboxylic acids is 1. The lowest BCUT2D eigenvalue weighted by Gasteiger charge is -2.31. The van der Waals surface area contributed by atoms with Crippen LogP contribution in [0, 0.1) is 0 Å². The molecule has 1 amide bonds. The zero-order valence-corrected chi connectivity index (χ0v) is 19.0. The number of rotatable bonds is 7. The third-order valence-electron chi connectivity index (χ3n) is 6.02. The van der Waals surface area contributed by atoms with Gasteiger partial charge in [-0.1, -0.05) is 54.1 Å². The van der Waals surface area contributed by atoms with E-state index in [0.717, 1.165) is 55.7 Å². The van der Waals surface area contributed by atoms with Crippen LogP contribution >= 0.6 is 0 Å². The van der Waals surface area contributed by atoms with Crippen molar-refractivity contribution < 1.29 is 4.79 Å². The Kier molecular flexibility index (Phi) is 7.17. The molecule has 32 heavy (non-hydrogen) atoms. The number of hydrogen-bond donors (Lipinski definition) is 1. The Labute approximate surface area is 190 Å². The fraction of sp³-hybridized carbons (Fsp3) is 0.333. The fourth-order valence-electron chi connectivity index (χ4n) is 4.14. The number of nitrogens with zero attached hydrogens (tertiary/aromatic N) is 3. The highest BCUT2D eigenvalue weighted by Gasteiger charge is 2.21. The number of carbonyl (C=O) groups is 1. The molecule has 0 saturated carbocycles. The van der Waals surface area contributed by atoms with Gasteiger partial charge in [-0.05, 0) is 55.5 Å². The first kappa shape index (κ1) is 22.0. The van der Waals surface area contributed by atoms with Gasteiger partial charge in [-0.2, -0.15) is 5.10 Å². The van der Waals surface area contributed by atoms with Crippen LogP contribution in [-0.4, -0.2) is 46.3 Å². The van der Waals surface area contributed by atoms with Gasteiger partial charge in [-0.25, -0.2) is 0 Å². The van der Waals surface area contributed by atoms with Crippen LogP contribution in [0.4, 0.5) is 0 Å². The topological polar surface area (TPSA) is 50.2 Å². The SMILES string of the molecule is CC(C)=CCN1CCC(NC(=O)c2ccccc2-c2ccc(Cn3cccn3)cc2)CC1. The maximum Gasteiger partial charge on any atom is 0.252 e. The monoisotopic (exact) mass is 428 g/mol. The number of likely N-dealkylation sites (tertiary alicyclic amines) is 1. The molecule has 3 aromatic rings. The molecule has 1 aliphatic heterocycles. The minimum atomic E-state index is 0.0176. The van der Waals surface area contributed by atoms with E-state index in [4.69, 9.17) is 0 Å². The van der Waals surface area contributed by atoms with Gasteiger partial charge in [-0.15, -0.1) is 0 Å². The molecule has 0 spiro atoms. The Morgan fingerprint density at radius 1 is 1.06 bits per heavy atom. The predicted octanol–water partition coefficient (Wildman–Crippen LogP) is 4.76. The van der Waals surface area contributed by atoms with Crippen molar-refractivity contribution in [3.8, 4) is 11.1 Å². The van der Waals surface area contributed by atoms with Crippen LogP contribution in [0.25, 0.3) is 11.1 Å². The van der Waals surface area contributed by atoms with Crippen molar-refractivity contribution in [2.45, 2.75) is 39.3 Å². The van der Waals surface area contributed by atoms with Crippen molar-refractivity contribution in [1.82, 2.24) is 20.0 Å². The minimum absolute atomic E-state index is 0.0176. The lowest BCUT2D eigenvalue weighted by Crippen LogP contribution is -2.44. The molecule has 0 bridgehead atoms. The van der Waals surface area contributed by atoms with Gasteiger partial charge >= 0.3 is 0 Å². The van der Waals surface area contributed by atoms with Crippen LogP contribution in [0.3, 0.4) is 0 Å². The summed E-state index contributed by atoms with van der Waals surface area (Å²) < 4.78 is 1.90. The van der Waals surface area contributed by atoms with E-state index >= 15 is 0 Å². The second-order valence-corrected chi connectivity index (χ2v) is 8.78. The molecule has 0 unspecified atom stereocenters. The maximum atomic E-state index is 13.1. The van der Waals surface area contributed by atoms with E-state index in [0.29, 0.717) is 0 Å². The first-order valence-electron chi connectivity index (χ1n) is 11.4. The molecule has 1 N–H and O–H groups in total. The number of benzene rings is 2. The largest absolute Gasteiger partial charge is 0.349 e. The summed E-state index contributed by atoms with van der Waals surface area (Å²) in [6.45, 7) is 8.06. The second-order valence-electron chi connectivity index (χ2n) is 8.78. The lowest BCUT2D eigenvalue weighted by atomic mass is 9.97. The summed E-state index contributed by atoms with van der Waals surface area (Å²) in [7, 11) is 0. The summed E-state index contributed by atoms with van der Waals surface area (Å²) in [5.74, 6) is 0.0176. The number of allylic oxidation sites excluding steroid dienone is 1. The van der Waals surface area contributed by atoms with Crippen molar-refractivity contribution >= 4 is 5.91 Å². The highest BCUT2D eigenvalue weighted by molar-refractivity contribution is 6.01. The van der Waals surface area contributed by atoms with Crippen molar-refractivity contribution in [1.29, 1.82) is 0 Å². The van der Waals surface area contributed by atoms with Crippen molar-refractivity contribution in [2.24, 2.45) is 0 Å². The highest BCUT2D eigenvalue weighted by Crippen LogP contribution is 2.25. The van der Waals surface area contributed by atoms with Crippen molar-refractivity contribution in [2.75, 3.05) is 19.6 Å². The zero-order valence-electron chi connectivity index (χ0n) is 19.0. The molecule has 4 rings (SSSR count). The van der Waals surface area contributed by atoms with E-state index in [-0.39, 0.29) is 11.9 Å². The van der Waals surface area contributed by atoms with Crippen LogP contribution in [0.1, 0.15) is 42.6 Å². The van der Waals surface area contributed by atoms with Crippen LogP contribution in [0.15, 0.2) is 78.6 Å². The normalized spacial score (nSPS) is 14.8. The number of hydrogen-bond acceptors (Lipinski definition) is 3. The van der Waals surface area contributed by atoms with Gasteiger partial charge in [0.15, 0.2) is 0 Å². The average molecular weight is 429 g/mol. The molecule has 5 heteroatoms. The molecule has 166 valence electrons. The van der Waals surface area contributed by atoms with Crippen LogP contribution in [-0.2, 0) is 6.54 Å². The van der Waals surface area contributed by atoms with E-state index in [1.54, 1.807) is 6.20 Å². The quantitative estimate of drug-likeness (QED) is 0.552. The van der Waals surface area contributed by atoms with Gasteiger partial charge in [0, 0.05) is 43.6 Å². The van der Waals surface area contributed by atoms with Gasteiger partial charge < -0.3 is 5.32 Å². The summed E-state index contributed by atoms with van der Waals surface area (Å²) in [6, 6.07) is 18.4. The number of piperidine rings is 1. The molecule has 1 aliphatic rings. The van der Waals surface area contributed by atoms with Gasteiger partial charge in [-0.3, -0.25) is 14.4 Å². The summed E-state index contributed by atoms with van der Waals surface area (Å²) in [4.78, 5) is 15.6. The first-order chi connectivity index (χ1) is 15.6. The Morgan fingerprint density at radius 3 is 2.50 bits per heavy atom. The molecule has 0 radical (unpaired) electrons. The summed E-state index contributed by atoms with van der Waals surface area (Å²) in [5, 5.41) is 7.54. The van der Waals surface area contributed by atoms with E-state index in [2.05, 4.69) is 59.5 Å². The average Bonchev–Trinajstić information content (AvgIpc) is 3.32. The van der Waals surface area contributed by atoms with Gasteiger partial charge in [0.2, 0.25) is 0 Å². The predicted molar refractivity (Wildman–Crippen MR) is 130 cm³/mol. The van der Waals surface area contributed by atoms with E-state index in [1.807, 2.05) is 41.2 Å². The Hall–Kier alpha value is -3.18. The van der Waals surface area contributed by atoms with Gasteiger partial charge in [0.25, 0.3) is 5.91 Å².